The molecule has 0 atom stereocenters. The molecule has 0 fully saturated rings. The summed E-state index contributed by atoms with van der Waals surface area (Å²) in [7, 11) is 0. The number of nitrogens with two attached hydrogens (primary N) is 1. The van der Waals surface area contributed by atoms with E-state index in [9.17, 15) is 0 Å². The van der Waals surface area contributed by atoms with E-state index in [-0.39, 0.29) is 0 Å². The quantitative estimate of drug-likeness (QED) is 0.786. The molecular weight excluding hydrogens is 278 g/mol. The van der Waals surface area contributed by atoms with E-state index in [1.54, 1.807) is 16.4 Å². The minimum atomic E-state index is 0.685. The van der Waals surface area contributed by atoms with Crippen molar-refractivity contribution >= 4 is 17.6 Å². The Bertz CT molecular complexity index is 763. The molecule has 0 aliphatic heterocycles. The molecule has 2 aromatic carbocycles. The van der Waals surface area contributed by atoms with Gasteiger partial charge in [-0.2, -0.15) is 5.10 Å². The normalized spacial score (nSPS) is 10.8. The lowest BCUT2D eigenvalue weighted by molar-refractivity contribution is 0.872. The van der Waals surface area contributed by atoms with Crippen LogP contribution in [0.15, 0.2) is 64.4 Å². The van der Waals surface area contributed by atoms with E-state index in [4.69, 9.17) is 5.73 Å². The molecule has 0 aliphatic rings. The molecule has 0 spiro atoms. The van der Waals surface area contributed by atoms with Gasteiger partial charge in [-0.1, -0.05) is 47.7 Å². The van der Waals surface area contributed by atoms with Crippen molar-refractivity contribution < 1.29 is 0 Å². The van der Waals surface area contributed by atoms with Crippen molar-refractivity contribution in [3.8, 4) is 5.69 Å². The average molecular weight is 295 g/mol. The third kappa shape index (κ3) is 2.81. The third-order valence-corrected chi connectivity index (χ3v) is 4.45. The van der Waals surface area contributed by atoms with Crippen LogP contribution < -0.4 is 5.73 Å². The van der Waals surface area contributed by atoms with E-state index >= 15 is 0 Å². The van der Waals surface area contributed by atoms with Crippen LogP contribution in [0.2, 0.25) is 0 Å². The topological polar surface area (TPSA) is 43.8 Å². The summed E-state index contributed by atoms with van der Waals surface area (Å²) < 4.78 is 1.80. The Kier molecular flexibility index (Phi) is 3.71. The van der Waals surface area contributed by atoms with Gasteiger partial charge in [-0.05, 0) is 38.1 Å². The summed E-state index contributed by atoms with van der Waals surface area (Å²) in [5.41, 5.74) is 9.47. The third-order valence-electron chi connectivity index (χ3n) is 3.25. The SMILES string of the molecule is Cc1cccc(Sc2c(C)nn(-c3ccccc3)c2N)c1. The second kappa shape index (κ2) is 5.66. The monoisotopic (exact) mass is 295 g/mol. The van der Waals surface area contributed by atoms with Gasteiger partial charge in [-0.15, -0.1) is 0 Å². The second-order valence-corrected chi connectivity index (χ2v) is 6.05. The van der Waals surface area contributed by atoms with E-state index < -0.39 is 0 Å². The molecule has 0 saturated heterocycles. The largest absolute Gasteiger partial charge is 0.383 e. The van der Waals surface area contributed by atoms with E-state index in [2.05, 4.69) is 36.3 Å². The van der Waals surface area contributed by atoms with Gasteiger partial charge in [-0.3, -0.25) is 0 Å². The Morgan fingerprint density at radius 2 is 1.76 bits per heavy atom. The van der Waals surface area contributed by atoms with Gasteiger partial charge in [0.15, 0.2) is 0 Å². The minimum Gasteiger partial charge on any atom is -0.383 e. The smallest absolute Gasteiger partial charge is 0.141 e. The highest BCUT2D eigenvalue weighted by Gasteiger charge is 2.14. The first-order chi connectivity index (χ1) is 10.1. The molecule has 0 bridgehead atoms. The molecule has 3 aromatic rings. The molecule has 0 amide bonds. The van der Waals surface area contributed by atoms with Crippen molar-refractivity contribution in [2.24, 2.45) is 0 Å². The molecule has 3 rings (SSSR count). The van der Waals surface area contributed by atoms with Crippen molar-refractivity contribution in [3.05, 3.63) is 65.9 Å². The van der Waals surface area contributed by atoms with Gasteiger partial charge < -0.3 is 5.73 Å². The number of hydrogen-bond acceptors (Lipinski definition) is 3. The number of aryl methyl sites for hydroxylation is 2. The fraction of sp³-hybridized carbons (Fsp3) is 0.118. The van der Waals surface area contributed by atoms with Gasteiger partial charge in [0.2, 0.25) is 0 Å². The van der Waals surface area contributed by atoms with E-state index in [0.29, 0.717) is 5.82 Å². The minimum absolute atomic E-state index is 0.685. The maximum Gasteiger partial charge on any atom is 0.141 e. The molecule has 0 radical (unpaired) electrons. The molecule has 21 heavy (non-hydrogen) atoms. The number of nitrogens with zero attached hydrogens (tertiary/aromatic N) is 2. The standard InChI is InChI=1S/C17H17N3S/c1-12-7-6-10-15(11-12)21-16-13(2)19-20(17(16)18)14-8-4-3-5-9-14/h3-11H,18H2,1-2H3. The molecule has 2 N–H and O–H groups in total. The predicted octanol–water partition coefficient (Wildman–Crippen LogP) is 4.22. The lowest BCUT2D eigenvalue weighted by atomic mass is 10.2. The van der Waals surface area contributed by atoms with Gasteiger partial charge in [0.05, 0.1) is 16.3 Å². The Morgan fingerprint density at radius 1 is 1.00 bits per heavy atom. The number of hydrogen-bond donors (Lipinski definition) is 1. The Balaban J connectivity index is 1.99. The number of nitrogen functional groups attached to an aromatic ring is 1. The maximum atomic E-state index is 6.30. The van der Waals surface area contributed by atoms with Crippen LogP contribution in [0, 0.1) is 13.8 Å². The highest BCUT2D eigenvalue weighted by atomic mass is 32.2. The number of para-hydroxylation sites is 1. The summed E-state index contributed by atoms with van der Waals surface area (Å²) in [5.74, 6) is 0.685. The zero-order chi connectivity index (χ0) is 14.8. The number of aromatic nitrogens is 2. The van der Waals surface area contributed by atoms with Crippen molar-refractivity contribution in [2.75, 3.05) is 5.73 Å². The maximum absolute atomic E-state index is 6.30. The second-order valence-electron chi connectivity index (χ2n) is 4.97. The van der Waals surface area contributed by atoms with Crippen LogP contribution in [-0.2, 0) is 0 Å². The molecule has 1 aromatic heterocycles. The highest BCUT2D eigenvalue weighted by Crippen LogP contribution is 2.35. The Labute approximate surface area is 128 Å². The number of anilines is 1. The van der Waals surface area contributed by atoms with E-state index in [0.717, 1.165) is 16.3 Å². The van der Waals surface area contributed by atoms with Crippen molar-refractivity contribution in [1.82, 2.24) is 9.78 Å². The zero-order valence-electron chi connectivity index (χ0n) is 12.1. The molecule has 1 heterocycles. The van der Waals surface area contributed by atoms with Crippen LogP contribution >= 0.6 is 11.8 Å². The summed E-state index contributed by atoms with van der Waals surface area (Å²) >= 11 is 1.66. The lowest BCUT2D eigenvalue weighted by Gasteiger charge is -2.05. The summed E-state index contributed by atoms with van der Waals surface area (Å²) in [6, 6.07) is 18.4. The molecule has 3 nitrogen and oxygen atoms in total. The molecular formula is C17H17N3S. The molecule has 4 heteroatoms. The van der Waals surface area contributed by atoms with Crippen molar-refractivity contribution in [2.45, 2.75) is 23.6 Å². The number of benzene rings is 2. The average Bonchev–Trinajstić information content (AvgIpc) is 2.76. The Morgan fingerprint density at radius 3 is 2.48 bits per heavy atom. The zero-order valence-corrected chi connectivity index (χ0v) is 12.9. The van der Waals surface area contributed by atoms with Crippen LogP contribution in [0.3, 0.4) is 0 Å². The van der Waals surface area contributed by atoms with Crippen molar-refractivity contribution in [1.29, 1.82) is 0 Å². The fourth-order valence-electron chi connectivity index (χ4n) is 2.22. The van der Waals surface area contributed by atoms with Gasteiger partial charge in [0.1, 0.15) is 5.82 Å². The molecule has 0 saturated carbocycles. The van der Waals surface area contributed by atoms with E-state index in [1.165, 1.54) is 10.5 Å². The first-order valence-corrected chi connectivity index (χ1v) is 7.62. The molecule has 0 aliphatic carbocycles. The summed E-state index contributed by atoms with van der Waals surface area (Å²) in [6.07, 6.45) is 0. The van der Waals surface area contributed by atoms with Gasteiger partial charge in [0, 0.05) is 4.90 Å². The fourth-order valence-corrected chi connectivity index (χ4v) is 3.23. The summed E-state index contributed by atoms with van der Waals surface area (Å²) in [6.45, 7) is 4.08. The Hall–Kier alpha value is -2.20. The summed E-state index contributed by atoms with van der Waals surface area (Å²) in [4.78, 5) is 2.20. The number of rotatable bonds is 3. The highest BCUT2D eigenvalue weighted by molar-refractivity contribution is 7.99. The van der Waals surface area contributed by atoms with Crippen molar-refractivity contribution in [3.63, 3.8) is 0 Å². The summed E-state index contributed by atoms with van der Waals surface area (Å²) in [5, 5.41) is 4.57. The van der Waals surface area contributed by atoms with Crippen LogP contribution in [0.5, 0.6) is 0 Å². The lowest BCUT2D eigenvalue weighted by Crippen LogP contribution is -2.01. The van der Waals surface area contributed by atoms with Gasteiger partial charge >= 0.3 is 0 Å². The van der Waals surface area contributed by atoms with Crippen LogP contribution in [0.25, 0.3) is 5.69 Å². The first-order valence-electron chi connectivity index (χ1n) is 6.80. The van der Waals surface area contributed by atoms with E-state index in [1.807, 2.05) is 37.3 Å². The molecule has 0 unspecified atom stereocenters. The first kappa shape index (κ1) is 13.8. The van der Waals surface area contributed by atoms with Crippen LogP contribution in [-0.4, -0.2) is 9.78 Å². The van der Waals surface area contributed by atoms with Gasteiger partial charge in [0.25, 0.3) is 0 Å². The molecule has 106 valence electrons. The predicted molar refractivity (Wildman–Crippen MR) is 88.0 cm³/mol. The van der Waals surface area contributed by atoms with Crippen LogP contribution in [0.1, 0.15) is 11.3 Å². The van der Waals surface area contributed by atoms with Crippen LogP contribution in [0.4, 0.5) is 5.82 Å². The van der Waals surface area contributed by atoms with Gasteiger partial charge in [-0.25, -0.2) is 4.68 Å².